The van der Waals surface area contributed by atoms with Gasteiger partial charge in [-0.2, -0.15) is 4.72 Å². The van der Waals surface area contributed by atoms with Crippen LogP contribution < -0.4 is 14.9 Å². The number of benzene rings is 2. The number of hydrogen-bond donors (Lipinski definition) is 2. The topological polar surface area (TPSA) is 95.6 Å². The molecule has 0 unspecified atom stereocenters. The van der Waals surface area contributed by atoms with E-state index >= 15 is 0 Å². The van der Waals surface area contributed by atoms with Crippen LogP contribution in [0.2, 0.25) is 0 Å². The van der Waals surface area contributed by atoms with E-state index in [9.17, 15) is 18.0 Å². The molecule has 0 saturated heterocycles. The lowest BCUT2D eigenvalue weighted by atomic mass is 10.0. The van der Waals surface area contributed by atoms with E-state index < -0.39 is 22.0 Å². The Kier molecular flexibility index (Phi) is 7.42. The molecule has 0 spiro atoms. The molecule has 0 aromatic heterocycles. The fraction of sp³-hybridized carbons (Fsp3) is 0.391. The molecule has 0 aliphatic carbocycles. The molecule has 3 rings (SSSR count). The van der Waals surface area contributed by atoms with Gasteiger partial charge in [0.1, 0.15) is 6.04 Å². The standard InChI is InChI=1S/C23H28BrN3O4S/c1-14(2)11-21(23(29)25-20-7-5-18(24)12-15(20)3)26-32(30,31)19-6-8-22-17(13-19)9-10-27(22)16(4)28/h5-8,12-14,21,26H,9-11H2,1-4H3,(H,25,29)/t21-/m0/s1. The number of rotatable bonds is 7. The predicted molar refractivity (Wildman–Crippen MR) is 129 cm³/mol. The van der Waals surface area contributed by atoms with E-state index in [4.69, 9.17) is 0 Å². The highest BCUT2D eigenvalue weighted by molar-refractivity contribution is 9.10. The highest BCUT2D eigenvalue weighted by Gasteiger charge is 2.29. The third-order valence-corrected chi connectivity index (χ3v) is 7.37. The third-order valence-electron chi connectivity index (χ3n) is 5.40. The predicted octanol–water partition coefficient (Wildman–Crippen LogP) is 4.00. The number of amides is 2. The van der Waals surface area contributed by atoms with Crippen LogP contribution in [-0.4, -0.2) is 32.8 Å². The second-order valence-corrected chi connectivity index (χ2v) is 11.1. The maximum Gasteiger partial charge on any atom is 0.242 e. The first-order chi connectivity index (χ1) is 15.0. The van der Waals surface area contributed by atoms with Crippen LogP contribution in [0.5, 0.6) is 0 Å². The quantitative estimate of drug-likeness (QED) is 0.575. The summed E-state index contributed by atoms with van der Waals surface area (Å²) < 4.78 is 29.7. The summed E-state index contributed by atoms with van der Waals surface area (Å²) in [7, 11) is -3.94. The van der Waals surface area contributed by atoms with Gasteiger partial charge < -0.3 is 10.2 Å². The molecule has 7 nitrogen and oxygen atoms in total. The SMILES string of the molecule is CC(=O)N1CCc2cc(S(=O)(=O)N[C@@H](CC(C)C)C(=O)Nc3ccc(Br)cc3C)ccc21. The molecule has 2 amide bonds. The molecule has 0 radical (unpaired) electrons. The first-order valence-corrected chi connectivity index (χ1v) is 12.8. The van der Waals surface area contributed by atoms with E-state index in [1.54, 1.807) is 23.1 Å². The van der Waals surface area contributed by atoms with Gasteiger partial charge in [-0.1, -0.05) is 29.8 Å². The Bertz CT molecular complexity index is 1150. The van der Waals surface area contributed by atoms with Crippen LogP contribution in [0.3, 0.4) is 0 Å². The van der Waals surface area contributed by atoms with E-state index in [0.29, 0.717) is 25.1 Å². The number of carbonyl (C=O) groups is 2. The van der Waals surface area contributed by atoms with Gasteiger partial charge >= 0.3 is 0 Å². The van der Waals surface area contributed by atoms with E-state index in [1.807, 2.05) is 32.9 Å². The van der Waals surface area contributed by atoms with E-state index in [0.717, 1.165) is 21.3 Å². The summed E-state index contributed by atoms with van der Waals surface area (Å²) in [5.41, 5.74) is 3.04. The maximum absolute atomic E-state index is 13.1. The largest absolute Gasteiger partial charge is 0.324 e. The fourth-order valence-electron chi connectivity index (χ4n) is 3.79. The number of anilines is 2. The number of nitrogens with one attached hydrogen (secondary N) is 2. The summed E-state index contributed by atoms with van der Waals surface area (Å²) in [5.74, 6) is -0.380. The Morgan fingerprint density at radius 3 is 2.50 bits per heavy atom. The first-order valence-electron chi connectivity index (χ1n) is 10.5. The van der Waals surface area contributed by atoms with Crippen LogP contribution in [-0.2, 0) is 26.0 Å². The minimum atomic E-state index is -3.94. The van der Waals surface area contributed by atoms with Crippen LogP contribution in [0.4, 0.5) is 11.4 Å². The summed E-state index contributed by atoms with van der Waals surface area (Å²) in [5, 5.41) is 2.85. The first kappa shape index (κ1) is 24.4. The molecule has 0 saturated carbocycles. The molecule has 172 valence electrons. The van der Waals surface area contributed by atoms with Gasteiger partial charge in [-0.25, -0.2) is 8.42 Å². The second kappa shape index (κ2) is 9.72. The summed E-state index contributed by atoms with van der Waals surface area (Å²) in [6.45, 7) is 7.77. The minimum Gasteiger partial charge on any atom is -0.324 e. The average Bonchev–Trinajstić information content (AvgIpc) is 3.12. The van der Waals surface area contributed by atoms with Crippen LogP contribution in [0.15, 0.2) is 45.8 Å². The highest BCUT2D eigenvalue weighted by atomic mass is 79.9. The van der Waals surface area contributed by atoms with Gasteiger partial charge in [0.15, 0.2) is 0 Å². The molecular formula is C23H28BrN3O4S. The Balaban J connectivity index is 1.83. The Morgan fingerprint density at radius 2 is 1.88 bits per heavy atom. The van der Waals surface area contributed by atoms with Crippen molar-refractivity contribution in [3.63, 3.8) is 0 Å². The molecule has 32 heavy (non-hydrogen) atoms. The summed E-state index contributed by atoms with van der Waals surface area (Å²) in [4.78, 5) is 26.5. The number of nitrogens with zero attached hydrogens (tertiary/aromatic N) is 1. The zero-order chi connectivity index (χ0) is 23.6. The summed E-state index contributed by atoms with van der Waals surface area (Å²) in [6, 6.07) is 9.27. The van der Waals surface area contributed by atoms with E-state index in [1.165, 1.54) is 13.0 Å². The molecule has 1 atom stereocenters. The highest BCUT2D eigenvalue weighted by Crippen LogP contribution is 2.30. The van der Waals surface area contributed by atoms with Gasteiger partial charge in [-0.15, -0.1) is 0 Å². The minimum absolute atomic E-state index is 0.0746. The average molecular weight is 522 g/mol. The lowest BCUT2D eigenvalue weighted by Crippen LogP contribution is -2.44. The van der Waals surface area contributed by atoms with Crippen molar-refractivity contribution in [1.82, 2.24) is 4.72 Å². The van der Waals surface area contributed by atoms with Gasteiger partial charge in [-0.3, -0.25) is 9.59 Å². The second-order valence-electron chi connectivity index (χ2n) is 8.46. The maximum atomic E-state index is 13.1. The third kappa shape index (κ3) is 5.57. The van der Waals surface area contributed by atoms with Crippen molar-refractivity contribution in [2.24, 2.45) is 5.92 Å². The molecule has 2 aromatic carbocycles. The molecule has 1 heterocycles. The molecule has 1 aliphatic rings. The monoisotopic (exact) mass is 521 g/mol. The summed E-state index contributed by atoms with van der Waals surface area (Å²) >= 11 is 3.40. The fourth-order valence-corrected chi connectivity index (χ4v) is 5.53. The number of hydrogen-bond acceptors (Lipinski definition) is 4. The van der Waals surface area contributed by atoms with E-state index in [-0.39, 0.29) is 16.7 Å². The number of sulfonamides is 1. The molecular weight excluding hydrogens is 494 g/mol. The molecule has 2 aromatic rings. The van der Waals surface area contributed by atoms with Crippen molar-refractivity contribution in [3.8, 4) is 0 Å². The van der Waals surface area contributed by atoms with Crippen molar-refractivity contribution in [2.45, 2.75) is 51.5 Å². The number of halogens is 1. The molecule has 9 heteroatoms. The lowest BCUT2D eigenvalue weighted by Gasteiger charge is -2.21. The zero-order valence-corrected chi connectivity index (χ0v) is 21.0. The number of fused-ring (bicyclic) bond motifs is 1. The van der Waals surface area contributed by atoms with Gasteiger partial charge in [0, 0.05) is 29.3 Å². The molecule has 0 bridgehead atoms. The van der Waals surface area contributed by atoms with Crippen molar-refractivity contribution in [2.75, 3.05) is 16.8 Å². The molecule has 1 aliphatic heterocycles. The number of carbonyl (C=O) groups excluding carboxylic acids is 2. The van der Waals surface area contributed by atoms with Crippen molar-refractivity contribution >= 4 is 49.1 Å². The lowest BCUT2D eigenvalue weighted by molar-refractivity contribution is -0.118. The van der Waals surface area contributed by atoms with Crippen LogP contribution in [0.25, 0.3) is 0 Å². The van der Waals surface area contributed by atoms with Crippen LogP contribution >= 0.6 is 15.9 Å². The van der Waals surface area contributed by atoms with Gasteiger partial charge in [0.25, 0.3) is 0 Å². The van der Waals surface area contributed by atoms with Gasteiger partial charge in [0.2, 0.25) is 21.8 Å². The smallest absolute Gasteiger partial charge is 0.242 e. The van der Waals surface area contributed by atoms with E-state index in [2.05, 4.69) is 26.0 Å². The van der Waals surface area contributed by atoms with Crippen LogP contribution in [0.1, 0.15) is 38.3 Å². The van der Waals surface area contributed by atoms with Crippen LogP contribution in [0, 0.1) is 12.8 Å². The van der Waals surface area contributed by atoms with Gasteiger partial charge in [0.05, 0.1) is 4.90 Å². The van der Waals surface area contributed by atoms with Crippen molar-refractivity contribution in [1.29, 1.82) is 0 Å². The van der Waals surface area contributed by atoms with Crippen molar-refractivity contribution in [3.05, 3.63) is 52.0 Å². The number of aryl methyl sites for hydroxylation is 1. The normalized spacial score (nSPS) is 14.4. The Labute approximate surface area is 197 Å². The van der Waals surface area contributed by atoms with Crippen molar-refractivity contribution < 1.29 is 18.0 Å². The summed E-state index contributed by atoms with van der Waals surface area (Å²) in [6.07, 6.45) is 0.945. The van der Waals surface area contributed by atoms with Gasteiger partial charge in [-0.05, 0) is 73.2 Å². The zero-order valence-electron chi connectivity index (χ0n) is 18.6. The molecule has 0 fully saturated rings. The Morgan fingerprint density at radius 1 is 1.16 bits per heavy atom. The Hall–Kier alpha value is -2.23. The molecule has 2 N–H and O–H groups in total.